The van der Waals surface area contributed by atoms with Crippen LogP contribution in [0.3, 0.4) is 0 Å². The lowest BCUT2D eigenvalue weighted by Crippen LogP contribution is -2.11. The van der Waals surface area contributed by atoms with Crippen LogP contribution < -0.4 is 5.84 Å². The number of hydrogen-bond acceptors (Lipinski definition) is 6. The molecule has 2 aromatic carbocycles. The molecule has 4 rings (SSSR count). The fourth-order valence-electron chi connectivity index (χ4n) is 2.31. The van der Waals surface area contributed by atoms with Crippen LogP contribution in [0.25, 0.3) is 22.5 Å². The molecule has 2 aromatic heterocycles. The first kappa shape index (κ1) is 15.2. The summed E-state index contributed by atoms with van der Waals surface area (Å²) in [7, 11) is 0. The largest absolute Gasteiger partial charge is 0.440 e. The van der Waals surface area contributed by atoms with E-state index in [4.69, 9.17) is 10.3 Å². The second-order valence-electron chi connectivity index (χ2n) is 5.02. The molecule has 4 aromatic rings. The molecule has 0 amide bonds. The molecule has 0 saturated carbocycles. The maximum Gasteiger partial charge on any atom is 0.210 e. The third kappa shape index (κ3) is 2.78. The van der Waals surface area contributed by atoms with E-state index in [9.17, 15) is 0 Å². The predicted molar refractivity (Wildman–Crippen MR) is 96.9 cm³/mol. The summed E-state index contributed by atoms with van der Waals surface area (Å²) in [6, 6.07) is 15.4. The molecule has 0 saturated heterocycles. The van der Waals surface area contributed by atoms with E-state index in [1.807, 2.05) is 48.5 Å². The quantitative estimate of drug-likeness (QED) is 0.412. The zero-order valence-electron chi connectivity index (χ0n) is 12.4. The molecule has 6 nitrogen and oxygen atoms in total. The van der Waals surface area contributed by atoms with Gasteiger partial charge in [0.2, 0.25) is 11.0 Å². The first-order valence-corrected chi connectivity index (χ1v) is 8.93. The highest BCUT2D eigenvalue weighted by molar-refractivity contribution is 9.10. The summed E-state index contributed by atoms with van der Waals surface area (Å²) in [5.74, 6) is 7.90. The van der Waals surface area contributed by atoms with E-state index in [2.05, 4.69) is 31.1 Å². The summed E-state index contributed by atoms with van der Waals surface area (Å²) in [6.45, 7) is 0. The second kappa shape index (κ2) is 6.29. The topological polar surface area (TPSA) is 82.8 Å². The number of fused-ring (bicyclic) bond motifs is 1. The highest BCUT2D eigenvalue weighted by Crippen LogP contribution is 2.29. The van der Waals surface area contributed by atoms with Crippen molar-refractivity contribution in [3.63, 3.8) is 0 Å². The number of hydrogen-bond donors (Lipinski definition) is 1. The molecule has 0 aliphatic heterocycles. The number of rotatable bonds is 4. The minimum absolute atomic E-state index is 0.528. The van der Waals surface area contributed by atoms with E-state index in [0.717, 1.165) is 21.1 Å². The standard InChI is InChI=1S/C16H12BrN5OS/c17-11-6-2-1-5-10(11)15-20-21-16(22(15)18)24-9-14-19-12-7-3-4-8-13(12)23-14/h1-8H,9,18H2. The first-order valence-electron chi connectivity index (χ1n) is 7.15. The van der Waals surface area contributed by atoms with Crippen LogP contribution in [-0.2, 0) is 5.75 Å². The Morgan fingerprint density at radius 2 is 1.88 bits per heavy atom. The van der Waals surface area contributed by atoms with Crippen LogP contribution in [0, 0.1) is 0 Å². The maximum atomic E-state index is 6.14. The first-order chi connectivity index (χ1) is 11.7. The van der Waals surface area contributed by atoms with E-state index < -0.39 is 0 Å². The number of para-hydroxylation sites is 2. The van der Waals surface area contributed by atoms with Crippen molar-refractivity contribution < 1.29 is 4.42 Å². The van der Waals surface area contributed by atoms with Gasteiger partial charge in [0.1, 0.15) is 5.52 Å². The molecule has 0 radical (unpaired) electrons. The maximum absolute atomic E-state index is 6.14. The van der Waals surface area contributed by atoms with Crippen molar-refractivity contribution in [3.8, 4) is 11.4 Å². The predicted octanol–water partition coefficient (Wildman–Crippen LogP) is 3.85. The Hall–Kier alpha value is -2.32. The van der Waals surface area contributed by atoms with Crippen LogP contribution in [-0.4, -0.2) is 19.9 Å². The van der Waals surface area contributed by atoms with Gasteiger partial charge >= 0.3 is 0 Å². The van der Waals surface area contributed by atoms with Crippen molar-refractivity contribution in [1.82, 2.24) is 19.9 Å². The number of aromatic nitrogens is 4. The van der Waals surface area contributed by atoms with Gasteiger partial charge in [0.15, 0.2) is 11.4 Å². The van der Waals surface area contributed by atoms with Crippen LogP contribution in [0.5, 0.6) is 0 Å². The van der Waals surface area contributed by atoms with Gasteiger partial charge in [-0.2, -0.15) is 0 Å². The molecule has 0 fully saturated rings. The summed E-state index contributed by atoms with van der Waals surface area (Å²) in [5.41, 5.74) is 2.51. The van der Waals surface area contributed by atoms with Gasteiger partial charge in [0.25, 0.3) is 0 Å². The third-order valence-electron chi connectivity index (χ3n) is 3.44. The SMILES string of the molecule is Nn1c(SCc2nc3ccccc3o2)nnc1-c1ccccc1Br. The zero-order chi connectivity index (χ0) is 16.5. The van der Waals surface area contributed by atoms with Gasteiger partial charge in [-0.05, 0) is 24.3 Å². The fourth-order valence-corrected chi connectivity index (χ4v) is 3.47. The number of oxazole rings is 1. The zero-order valence-corrected chi connectivity index (χ0v) is 14.8. The summed E-state index contributed by atoms with van der Waals surface area (Å²) >= 11 is 4.93. The smallest absolute Gasteiger partial charge is 0.210 e. The van der Waals surface area contributed by atoms with E-state index in [0.29, 0.717) is 22.6 Å². The molecular formula is C16H12BrN5OS. The molecule has 0 atom stereocenters. The fraction of sp³-hybridized carbons (Fsp3) is 0.0625. The Bertz CT molecular complexity index is 980. The van der Waals surface area contributed by atoms with Crippen molar-refractivity contribution >= 4 is 38.8 Å². The average Bonchev–Trinajstić information content (AvgIpc) is 3.17. The van der Waals surface area contributed by atoms with Crippen molar-refractivity contribution in [2.45, 2.75) is 10.9 Å². The van der Waals surface area contributed by atoms with Gasteiger partial charge in [-0.1, -0.05) is 52.0 Å². The van der Waals surface area contributed by atoms with Crippen LogP contribution in [0.15, 0.2) is 62.6 Å². The Kier molecular flexibility index (Phi) is 3.99. The van der Waals surface area contributed by atoms with Gasteiger partial charge < -0.3 is 10.3 Å². The monoisotopic (exact) mass is 401 g/mol. The average molecular weight is 402 g/mol. The number of nitrogens with zero attached hydrogens (tertiary/aromatic N) is 4. The van der Waals surface area contributed by atoms with E-state index >= 15 is 0 Å². The number of benzene rings is 2. The lowest BCUT2D eigenvalue weighted by Gasteiger charge is -2.04. The summed E-state index contributed by atoms with van der Waals surface area (Å²) in [5, 5.41) is 8.95. The van der Waals surface area contributed by atoms with E-state index in [-0.39, 0.29) is 0 Å². The lowest BCUT2D eigenvalue weighted by atomic mass is 10.2. The van der Waals surface area contributed by atoms with E-state index in [1.54, 1.807) is 0 Å². The van der Waals surface area contributed by atoms with Crippen LogP contribution in [0.4, 0.5) is 0 Å². The minimum atomic E-state index is 0.528. The third-order valence-corrected chi connectivity index (χ3v) is 5.06. The molecule has 0 bridgehead atoms. The van der Waals surface area contributed by atoms with Gasteiger partial charge in [-0.25, -0.2) is 9.66 Å². The van der Waals surface area contributed by atoms with Crippen molar-refractivity contribution in [3.05, 3.63) is 58.9 Å². The molecule has 2 N–H and O–H groups in total. The van der Waals surface area contributed by atoms with Crippen LogP contribution in [0.2, 0.25) is 0 Å². The molecule has 24 heavy (non-hydrogen) atoms. The highest BCUT2D eigenvalue weighted by atomic mass is 79.9. The van der Waals surface area contributed by atoms with Crippen molar-refractivity contribution in [2.24, 2.45) is 0 Å². The molecule has 0 unspecified atom stereocenters. The molecule has 120 valence electrons. The molecule has 2 heterocycles. The Morgan fingerprint density at radius 3 is 2.71 bits per heavy atom. The van der Waals surface area contributed by atoms with Gasteiger partial charge in [0, 0.05) is 10.0 Å². The number of nitrogen functional groups attached to an aromatic ring is 1. The molecule has 0 spiro atoms. The Balaban J connectivity index is 1.56. The number of nitrogens with two attached hydrogens (primary N) is 1. The molecular weight excluding hydrogens is 390 g/mol. The van der Waals surface area contributed by atoms with Gasteiger partial charge in [0.05, 0.1) is 5.75 Å². The van der Waals surface area contributed by atoms with Crippen molar-refractivity contribution in [1.29, 1.82) is 0 Å². The Morgan fingerprint density at radius 1 is 1.08 bits per heavy atom. The molecule has 8 heteroatoms. The van der Waals surface area contributed by atoms with E-state index in [1.165, 1.54) is 16.4 Å². The summed E-state index contributed by atoms with van der Waals surface area (Å²) in [6.07, 6.45) is 0. The van der Waals surface area contributed by atoms with Crippen LogP contribution in [0.1, 0.15) is 5.89 Å². The Labute approximate surface area is 150 Å². The van der Waals surface area contributed by atoms with Crippen LogP contribution >= 0.6 is 27.7 Å². The lowest BCUT2D eigenvalue weighted by molar-refractivity contribution is 0.556. The number of thioether (sulfide) groups is 1. The second-order valence-corrected chi connectivity index (χ2v) is 6.82. The molecule has 0 aliphatic carbocycles. The van der Waals surface area contributed by atoms with Gasteiger partial charge in [-0.3, -0.25) is 0 Å². The van der Waals surface area contributed by atoms with Crippen molar-refractivity contribution in [2.75, 3.05) is 5.84 Å². The summed E-state index contributed by atoms with van der Waals surface area (Å²) < 4.78 is 8.10. The molecule has 0 aliphatic rings. The number of halogens is 1. The summed E-state index contributed by atoms with van der Waals surface area (Å²) in [4.78, 5) is 4.44. The normalized spacial score (nSPS) is 11.2. The van der Waals surface area contributed by atoms with Gasteiger partial charge in [-0.15, -0.1) is 10.2 Å². The highest BCUT2D eigenvalue weighted by Gasteiger charge is 2.15. The minimum Gasteiger partial charge on any atom is -0.440 e.